The lowest BCUT2D eigenvalue weighted by atomic mass is 10.3. The predicted molar refractivity (Wildman–Crippen MR) is 119 cm³/mol. The third-order valence-corrected chi connectivity index (χ3v) is 4.71. The van der Waals surface area contributed by atoms with Crippen LogP contribution >= 0.6 is 58.8 Å². The van der Waals surface area contributed by atoms with Crippen molar-refractivity contribution in [1.82, 2.24) is 25.4 Å². The normalized spacial score (nSPS) is 13.1. The number of halogens is 4. The molecule has 1 aliphatic heterocycles. The Labute approximate surface area is 189 Å². The minimum Gasteiger partial charge on any atom is -0.489 e. The molecule has 11 heteroatoms. The average Bonchev–Trinajstić information content (AvgIpc) is 3.20. The molecule has 0 saturated heterocycles. The van der Waals surface area contributed by atoms with E-state index in [1.54, 1.807) is 19.2 Å². The first-order chi connectivity index (χ1) is 12.6. The van der Waals surface area contributed by atoms with Crippen molar-refractivity contribution in [2.45, 2.75) is 25.9 Å². The van der Waals surface area contributed by atoms with Crippen LogP contribution in [0.15, 0.2) is 17.1 Å². The molecule has 1 aromatic heterocycles. The van der Waals surface area contributed by atoms with Gasteiger partial charge in [-0.3, -0.25) is 4.99 Å². The van der Waals surface area contributed by atoms with Crippen LogP contribution in [-0.4, -0.2) is 40.9 Å². The summed E-state index contributed by atoms with van der Waals surface area (Å²) in [5.41, 5.74) is 0. The molecule has 1 aromatic carbocycles. The molecular weight excluding hydrogens is 525 g/mol. The first kappa shape index (κ1) is 22.3. The number of hydrogen-bond acceptors (Lipinski definition) is 4. The molecule has 0 fully saturated rings. The lowest BCUT2D eigenvalue weighted by Crippen LogP contribution is -2.39. The van der Waals surface area contributed by atoms with Gasteiger partial charge in [-0.2, -0.15) is 0 Å². The van der Waals surface area contributed by atoms with E-state index in [0.29, 0.717) is 46.5 Å². The molecule has 0 aliphatic carbocycles. The van der Waals surface area contributed by atoms with E-state index >= 15 is 0 Å². The molecule has 2 aromatic rings. The summed E-state index contributed by atoms with van der Waals surface area (Å²) in [5.74, 6) is 3.03. The molecule has 27 heavy (non-hydrogen) atoms. The van der Waals surface area contributed by atoms with Crippen molar-refractivity contribution >= 4 is 64.7 Å². The number of nitrogens with one attached hydrogen (secondary N) is 2. The van der Waals surface area contributed by atoms with Gasteiger partial charge in [0.1, 0.15) is 12.4 Å². The van der Waals surface area contributed by atoms with Gasteiger partial charge in [-0.1, -0.05) is 34.8 Å². The van der Waals surface area contributed by atoms with E-state index in [2.05, 4.69) is 30.4 Å². The van der Waals surface area contributed by atoms with Crippen LogP contribution in [0, 0.1) is 0 Å². The van der Waals surface area contributed by atoms with Gasteiger partial charge in [0.15, 0.2) is 17.5 Å². The Bertz CT molecular complexity index is 790. The number of benzene rings is 1. The molecule has 0 saturated carbocycles. The molecule has 2 N–H and O–H groups in total. The van der Waals surface area contributed by atoms with E-state index in [0.717, 1.165) is 31.0 Å². The lowest BCUT2D eigenvalue weighted by molar-refractivity contribution is 0.322. The minimum atomic E-state index is 0. The van der Waals surface area contributed by atoms with Crippen molar-refractivity contribution in [2.24, 2.45) is 4.99 Å². The third kappa shape index (κ3) is 5.75. The largest absolute Gasteiger partial charge is 0.489 e. The Balaban J connectivity index is 0.00000261. The zero-order valence-electron chi connectivity index (χ0n) is 14.6. The van der Waals surface area contributed by atoms with Crippen molar-refractivity contribution in [2.75, 3.05) is 20.2 Å². The highest BCUT2D eigenvalue weighted by Crippen LogP contribution is 2.35. The lowest BCUT2D eigenvalue weighted by Gasteiger charge is -2.13. The van der Waals surface area contributed by atoms with Crippen molar-refractivity contribution in [3.63, 3.8) is 0 Å². The second kappa shape index (κ2) is 10.5. The third-order valence-electron chi connectivity index (χ3n) is 3.93. The monoisotopic (exact) mass is 544 g/mol. The summed E-state index contributed by atoms with van der Waals surface area (Å²) in [7, 11) is 1.71. The number of fused-ring (bicyclic) bond motifs is 1. The zero-order chi connectivity index (χ0) is 18.5. The molecule has 7 nitrogen and oxygen atoms in total. The summed E-state index contributed by atoms with van der Waals surface area (Å²) < 4.78 is 7.78. The van der Waals surface area contributed by atoms with E-state index in [1.807, 2.05) is 0 Å². The van der Waals surface area contributed by atoms with E-state index in [1.165, 1.54) is 0 Å². The van der Waals surface area contributed by atoms with Crippen LogP contribution in [0.5, 0.6) is 5.75 Å². The van der Waals surface area contributed by atoms with Crippen molar-refractivity contribution in [3.05, 3.63) is 38.8 Å². The van der Waals surface area contributed by atoms with Crippen LogP contribution in [0.3, 0.4) is 0 Å². The van der Waals surface area contributed by atoms with Gasteiger partial charge in [-0.15, -0.1) is 34.2 Å². The number of rotatable bonds is 6. The fourth-order valence-electron chi connectivity index (χ4n) is 2.71. The molecule has 0 radical (unpaired) electrons. The van der Waals surface area contributed by atoms with Crippen LogP contribution in [0.1, 0.15) is 18.1 Å². The molecule has 0 bridgehead atoms. The first-order valence-electron chi connectivity index (χ1n) is 8.21. The maximum absolute atomic E-state index is 6.09. The maximum atomic E-state index is 6.09. The van der Waals surface area contributed by atoms with Crippen LogP contribution < -0.4 is 15.4 Å². The van der Waals surface area contributed by atoms with E-state index in [4.69, 9.17) is 39.5 Å². The van der Waals surface area contributed by atoms with Gasteiger partial charge in [0.2, 0.25) is 0 Å². The van der Waals surface area contributed by atoms with Gasteiger partial charge in [-0.25, -0.2) is 0 Å². The second-order valence-corrected chi connectivity index (χ2v) is 6.94. The second-order valence-electron chi connectivity index (χ2n) is 5.69. The van der Waals surface area contributed by atoms with Crippen molar-refractivity contribution in [3.8, 4) is 5.75 Å². The van der Waals surface area contributed by atoms with E-state index < -0.39 is 0 Å². The molecule has 0 spiro atoms. The number of guanidine groups is 1. The van der Waals surface area contributed by atoms with Gasteiger partial charge in [0, 0.05) is 25.0 Å². The highest BCUT2D eigenvalue weighted by molar-refractivity contribution is 14.0. The summed E-state index contributed by atoms with van der Waals surface area (Å²) in [6.07, 6.45) is 2.12. The predicted octanol–water partition coefficient (Wildman–Crippen LogP) is 3.55. The number of aryl methyl sites for hydroxylation is 1. The van der Waals surface area contributed by atoms with E-state index in [9.17, 15) is 0 Å². The highest BCUT2D eigenvalue weighted by atomic mass is 127. The summed E-state index contributed by atoms with van der Waals surface area (Å²) in [6.45, 7) is 2.42. The number of ether oxygens (including phenoxy) is 1. The standard InChI is InChI=1S/C16H19Cl3N6O.HI/c1-20-16(22-9-14-24-23-13-3-2-5-25(13)14)21-4-6-26-15-11(18)7-10(17)8-12(15)19;/h7-8H,2-6,9H2,1H3,(H2,20,21,22);1H. The summed E-state index contributed by atoms with van der Waals surface area (Å²) in [5, 5.41) is 16.0. The number of hydrogen-bond donors (Lipinski definition) is 2. The molecule has 3 rings (SSSR count). The molecule has 148 valence electrons. The minimum absolute atomic E-state index is 0. The Hall–Kier alpha value is -0.970. The number of nitrogens with zero attached hydrogens (tertiary/aromatic N) is 4. The molecule has 1 aliphatic rings. The van der Waals surface area contributed by atoms with Gasteiger partial charge in [0.25, 0.3) is 0 Å². The fourth-order valence-corrected chi connectivity index (χ4v) is 3.64. The van der Waals surface area contributed by atoms with Crippen molar-refractivity contribution < 1.29 is 4.74 Å². The van der Waals surface area contributed by atoms with Crippen LogP contribution in [0.25, 0.3) is 0 Å². The Morgan fingerprint density at radius 1 is 1.22 bits per heavy atom. The Kier molecular flexibility index (Phi) is 8.71. The zero-order valence-corrected chi connectivity index (χ0v) is 19.2. The number of aliphatic imine (C=N–C) groups is 1. The molecule has 0 amide bonds. The summed E-state index contributed by atoms with van der Waals surface area (Å²) >= 11 is 18.1. The van der Waals surface area contributed by atoms with Crippen molar-refractivity contribution in [1.29, 1.82) is 0 Å². The Morgan fingerprint density at radius 2 is 1.96 bits per heavy atom. The van der Waals surface area contributed by atoms with Crippen LogP contribution in [0.2, 0.25) is 15.1 Å². The molecule has 2 heterocycles. The fraction of sp³-hybridized carbons (Fsp3) is 0.438. The quantitative estimate of drug-likeness (QED) is 0.251. The molecule has 0 unspecified atom stereocenters. The average molecular weight is 546 g/mol. The van der Waals surface area contributed by atoms with Crippen LogP contribution in [-0.2, 0) is 19.5 Å². The molecular formula is C16H20Cl3IN6O. The van der Waals surface area contributed by atoms with Gasteiger partial charge in [-0.05, 0) is 18.6 Å². The van der Waals surface area contributed by atoms with Gasteiger partial charge < -0.3 is 19.9 Å². The first-order valence-corrected chi connectivity index (χ1v) is 9.34. The molecule has 0 atom stereocenters. The topological polar surface area (TPSA) is 76.4 Å². The summed E-state index contributed by atoms with van der Waals surface area (Å²) in [4.78, 5) is 4.18. The van der Waals surface area contributed by atoms with E-state index in [-0.39, 0.29) is 24.0 Å². The Morgan fingerprint density at radius 3 is 2.67 bits per heavy atom. The summed E-state index contributed by atoms with van der Waals surface area (Å²) in [6, 6.07) is 3.19. The number of aromatic nitrogens is 3. The SMILES string of the molecule is CN=C(NCCOc1c(Cl)cc(Cl)cc1Cl)NCc1nnc2n1CCC2.I. The maximum Gasteiger partial charge on any atom is 0.191 e. The van der Waals surface area contributed by atoms with Crippen LogP contribution in [0.4, 0.5) is 0 Å². The van der Waals surface area contributed by atoms with Gasteiger partial charge >= 0.3 is 0 Å². The highest BCUT2D eigenvalue weighted by Gasteiger charge is 2.17. The van der Waals surface area contributed by atoms with Gasteiger partial charge in [0.05, 0.1) is 23.1 Å². The smallest absolute Gasteiger partial charge is 0.191 e.